The van der Waals surface area contributed by atoms with E-state index in [0.29, 0.717) is 19.0 Å². The summed E-state index contributed by atoms with van der Waals surface area (Å²) in [5, 5.41) is 10.4. The van der Waals surface area contributed by atoms with Crippen LogP contribution in [-0.4, -0.2) is 40.9 Å². The number of amides is 1. The van der Waals surface area contributed by atoms with Crippen LogP contribution >= 0.6 is 0 Å². The number of likely N-dealkylation sites (tertiary alicyclic amines) is 1. The molecule has 0 unspecified atom stereocenters. The molecule has 1 fully saturated rings. The number of ether oxygens (including phenoxy) is 1. The molecule has 0 saturated carbocycles. The molecule has 1 heterocycles. The highest BCUT2D eigenvalue weighted by Gasteiger charge is 2.35. The zero-order chi connectivity index (χ0) is 14.6. The summed E-state index contributed by atoms with van der Waals surface area (Å²) in [5.74, 6) is 0.529. The summed E-state index contributed by atoms with van der Waals surface area (Å²) in [6.07, 6.45) is 2.28. The second kappa shape index (κ2) is 6.60. The maximum atomic E-state index is 12.0. The molecule has 0 aliphatic carbocycles. The van der Waals surface area contributed by atoms with Crippen LogP contribution in [0, 0.1) is 11.8 Å². The highest BCUT2D eigenvalue weighted by atomic mass is 16.6. The molecule has 2 atom stereocenters. The average molecular weight is 271 g/mol. The van der Waals surface area contributed by atoms with Crippen molar-refractivity contribution in [2.24, 2.45) is 11.8 Å². The molecule has 0 aromatic heterocycles. The van der Waals surface area contributed by atoms with E-state index in [4.69, 9.17) is 4.74 Å². The molecule has 1 rings (SSSR count). The monoisotopic (exact) mass is 271 g/mol. The zero-order valence-electron chi connectivity index (χ0n) is 13.0. The lowest BCUT2D eigenvalue weighted by Gasteiger charge is -2.27. The minimum absolute atomic E-state index is 0.192. The normalized spacial score (nSPS) is 21.8. The third kappa shape index (κ3) is 4.68. The number of aliphatic hydroxyl groups excluding tert-OH is 1. The van der Waals surface area contributed by atoms with Crippen LogP contribution in [0.15, 0.2) is 0 Å². The molecule has 0 radical (unpaired) electrons. The average Bonchev–Trinajstić information content (AvgIpc) is 2.77. The van der Waals surface area contributed by atoms with Crippen molar-refractivity contribution < 1.29 is 14.6 Å². The Kier molecular flexibility index (Phi) is 5.65. The second-order valence-corrected chi connectivity index (χ2v) is 6.54. The number of carbonyl (C=O) groups is 1. The van der Waals surface area contributed by atoms with E-state index in [0.717, 1.165) is 19.3 Å². The lowest BCUT2D eigenvalue weighted by Crippen LogP contribution is -2.37. The quantitative estimate of drug-likeness (QED) is 0.855. The largest absolute Gasteiger partial charge is 0.444 e. The number of hydrogen-bond donors (Lipinski definition) is 1. The van der Waals surface area contributed by atoms with E-state index >= 15 is 0 Å². The molecule has 112 valence electrons. The van der Waals surface area contributed by atoms with Crippen molar-refractivity contribution in [1.29, 1.82) is 0 Å². The number of rotatable bonds is 4. The Labute approximate surface area is 117 Å². The van der Waals surface area contributed by atoms with E-state index in [9.17, 15) is 9.90 Å². The molecule has 0 aromatic carbocycles. The van der Waals surface area contributed by atoms with Crippen LogP contribution in [0.4, 0.5) is 4.79 Å². The fraction of sp³-hybridized carbons (Fsp3) is 0.933. The van der Waals surface area contributed by atoms with Gasteiger partial charge in [0.15, 0.2) is 0 Å². The Morgan fingerprint density at radius 3 is 2.42 bits per heavy atom. The molecule has 4 heteroatoms. The molecule has 0 aromatic rings. The Morgan fingerprint density at radius 1 is 1.37 bits per heavy atom. The highest BCUT2D eigenvalue weighted by molar-refractivity contribution is 5.68. The first-order chi connectivity index (χ1) is 8.78. The minimum atomic E-state index is -0.455. The fourth-order valence-corrected chi connectivity index (χ4v) is 2.71. The summed E-state index contributed by atoms with van der Waals surface area (Å²) >= 11 is 0. The highest BCUT2D eigenvalue weighted by Crippen LogP contribution is 2.28. The molecule has 19 heavy (non-hydrogen) atoms. The van der Waals surface area contributed by atoms with Gasteiger partial charge in [-0.3, -0.25) is 0 Å². The van der Waals surface area contributed by atoms with Gasteiger partial charge in [0.05, 0.1) is 6.10 Å². The van der Waals surface area contributed by atoms with Crippen LogP contribution in [0.1, 0.15) is 53.9 Å². The van der Waals surface area contributed by atoms with Crippen molar-refractivity contribution >= 4 is 6.09 Å². The van der Waals surface area contributed by atoms with Crippen molar-refractivity contribution in [3.8, 4) is 0 Å². The van der Waals surface area contributed by atoms with Gasteiger partial charge in [0.25, 0.3) is 0 Å². The first-order valence-corrected chi connectivity index (χ1v) is 7.44. The van der Waals surface area contributed by atoms with Gasteiger partial charge in [-0.25, -0.2) is 4.79 Å². The fourth-order valence-electron chi connectivity index (χ4n) is 2.71. The first kappa shape index (κ1) is 16.3. The van der Waals surface area contributed by atoms with E-state index in [1.165, 1.54) is 0 Å². The van der Waals surface area contributed by atoms with Crippen LogP contribution in [0.3, 0.4) is 0 Å². The topological polar surface area (TPSA) is 49.8 Å². The molecule has 0 spiro atoms. The van der Waals surface area contributed by atoms with Gasteiger partial charge < -0.3 is 14.7 Å². The molecule has 1 N–H and O–H groups in total. The maximum absolute atomic E-state index is 12.0. The summed E-state index contributed by atoms with van der Waals surface area (Å²) in [4.78, 5) is 13.7. The second-order valence-electron chi connectivity index (χ2n) is 6.54. The number of aliphatic hydroxyl groups is 1. The van der Waals surface area contributed by atoms with Crippen molar-refractivity contribution in [2.45, 2.75) is 65.6 Å². The van der Waals surface area contributed by atoms with Crippen molar-refractivity contribution in [1.82, 2.24) is 4.90 Å². The smallest absolute Gasteiger partial charge is 0.410 e. The number of hydrogen-bond acceptors (Lipinski definition) is 3. The Morgan fingerprint density at radius 2 is 1.95 bits per heavy atom. The van der Waals surface area contributed by atoms with Crippen LogP contribution in [0.5, 0.6) is 0 Å². The van der Waals surface area contributed by atoms with Crippen LogP contribution in [0.25, 0.3) is 0 Å². The summed E-state index contributed by atoms with van der Waals surface area (Å²) in [7, 11) is 0. The third-order valence-corrected chi connectivity index (χ3v) is 3.89. The lowest BCUT2D eigenvalue weighted by atomic mass is 9.87. The Hall–Kier alpha value is -0.770. The van der Waals surface area contributed by atoms with Crippen molar-refractivity contribution in [3.63, 3.8) is 0 Å². The summed E-state index contributed by atoms with van der Waals surface area (Å²) in [6.45, 7) is 11.1. The standard InChI is InChI=1S/C15H29NO3/c1-6-11(7-2)13(17)12-8-9-16(10-12)14(18)19-15(3,4)5/h11-13,17H,6-10H2,1-5H3/t12-,13-/m0/s1. The van der Waals surface area contributed by atoms with Crippen LogP contribution < -0.4 is 0 Å². The van der Waals surface area contributed by atoms with E-state index in [1.807, 2.05) is 20.8 Å². The van der Waals surface area contributed by atoms with Gasteiger partial charge in [0, 0.05) is 19.0 Å². The molecule has 1 amide bonds. The molecule has 1 aliphatic heterocycles. The Balaban J connectivity index is 2.51. The zero-order valence-corrected chi connectivity index (χ0v) is 13.0. The predicted octanol–water partition coefficient (Wildman–Crippen LogP) is 3.04. The predicted molar refractivity (Wildman–Crippen MR) is 76.0 cm³/mol. The Bertz CT molecular complexity index is 294. The van der Waals surface area contributed by atoms with Gasteiger partial charge in [-0.2, -0.15) is 0 Å². The maximum Gasteiger partial charge on any atom is 0.410 e. The first-order valence-electron chi connectivity index (χ1n) is 7.44. The molecule has 4 nitrogen and oxygen atoms in total. The molecular weight excluding hydrogens is 242 g/mol. The number of carbonyl (C=O) groups excluding carboxylic acids is 1. The van der Waals surface area contributed by atoms with Gasteiger partial charge in [0.2, 0.25) is 0 Å². The van der Waals surface area contributed by atoms with Crippen molar-refractivity contribution in [3.05, 3.63) is 0 Å². The summed E-state index contributed by atoms with van der Waals surface area (Å²) in [5.41, 5.74) is -0.455. The van der Waals surface area contributed by atoms with Crippen molar-refractivity contribution in [2.75, 3.05) is 13.1 Å². The third-order valence-electron chi connectivity index (χ3n) is 3.89. The molecule has 1 saturated heterocycles. The van der Waals surface area contributed by atoms with Crippen LogP contribution in [0.2, 0.25) is 0 Å². The van der Waals surface area contributed by atoms with E-state index in [2.05, 4.69) is 13.8 Å². The lowest BCUT2D eigenvalue weighted by molar-refractivity contribution is 0.0225. The summed E-state index contributed by atoms with van der Waals surface area (Å²) < 4.78 is 5.37. The SMILES string of the molecule is CCC(CC)[C@H](O)[C@H]1CCN(C(=O)OC(C)(C)C)C1. The summed E-state index contributed by atoms with van der Waals surface area (Å²) in [6, 6.07) is 0. The van der Waals surface area contributed by atoms with Gasteiger partial charge in [0.1, 0.15) is 5.60 Å². The van der Waals surface area contributed by atoms with Gasteiger partial charge in [-0.15, -0.1) is 0 Å². The van der Waals surface area contributed by atoms with E-state index in [1.54, 1.807) is 4.90 Å². The molecule has 0 bridgehead atoms. The minimum Gasteiger partial charge on any atom is -0.444 e. The van der Waals surface area contributed by atoms with Gasteiger partial charge in [-0.05, 0) is 33.1 Å². The molecule has 1 aliphatic rings. The van der Waals surface area contributed by atoms with Gasteiger partial charge >= 0.3 is 6.09 Å². The van der Waals surface area contributed by atoms with E-state index < -0.39 is 5.60 Å². The number of nitrogens with zero attached hydrogens (tertiary/aromatic N) is 1. The van der Waals surface area contributed by atoms with Gasteiger partial charge in [-0.1, -0.05) is 26.7 Å². The van der Waals surface area contributed by atoms with Crippen LogP contribution in [-0.2, 0) is 4.74 Å². The van der Waals surface area contributed by atoms with E-state index in [-0.39, 0.29) is 18.1 Å². The molecular formula is C15H29NO3.